The molecule has 220 valence electrons. The number of nitrogens with zero attached hydrogens (tertiary/aromatic N) is 2. The van der Waals surface area contributed by atoms with E-state index in [0.717, 1.165) is 44.3 Å². The molecule has 0 radical (unpaired) electrons. The molecule has 6 nitrogen and oxygen atoms in total. The lowest BCUT2D eigenvalue weighted by atomic mass is 9.89. The third kappa shape index (κ3) is 7.26. The topological polar surface area (TPSA) is 61.9 Å². The van der Waals surface area contributed by atoms with Crippen molar-refractivity contribution in [3.8, 4) is 0 Å². The Labute approximate surface area is 248 Å². The predicted molar refractivity (Wildman–Crippen MR) is 163 cm³/mol. The molecule has 0 aromatic heterocycles. The van der Waals surface area contributed by atoms with E-state index >= 15 is 0 Å². The molecule has 5 rings (SSSR count). The van der Waals surface area contributed by atoms with Crippen LogP contribution < -0.4 is 5.32 Å². The third-order valence-electron chi connectivity index (χ3n) is 8.23. The van der Waals surface area contributed by atoms with E-state index in [1.807, 2.05) is 30.3 Å². The molecule has 0 bridgehead atoms. The molecule has 1 saturated carbocycles. The first-order chi connectivity index (χ1) is 20.4. The molecule has 42 heavy (non-hydrogen) atoms. The molecular weight excluding hydrogens is 529 g/mol. The average molecular weight is 570 g/mol. The van der Waals surface area contributed by atoms with Crippen molar-refractivity contribution >= 4 is 17.9 Å². The largest absolute Gasteiger partial charge is 0.482 e. The maximum atomic E-state index is 14.5. The van der Waals surface area contributed by atoms with Gasteiger partial charge in [-0.1, -0.05) is 67.1 Å². The van der Waals surface area contributed by atoms with Crippen LogP contribution in [0.5, 0.6) is 0 Å². The molecule has 3 aromatic carbocycles. The summed E-state index contributed by atoms with van der Waals surface area (Å²) in [5.74, 6) is -0.410. The van der Waals surface area contributed by atoms with Crippen molar-refractivity contribution < 1.29 is 18.7 Å². The highest BCUT2D eigenvalue weighted by molar-refractivity contribution is 5.97. The van der Waals surface area contributed by atoms with Gasteiger partial charge in [-0.2, -0.15) is 0 Å². The standard InChI is InChI=1S/C35H40FN3O3/c1-25(2)38(23-27-10-4-3-5-11-27)21-20-37-34(40)28-18-16-26(17-19-28)22-33-35(41)39(24-29-12-6-7-13-30(29)36)31-14-8-9-15-32(31)42-33/h3-7,10-13,16-19,22,25,31-32H,8-9,14-15,20-21,23-24H2,1-2H3,(H,37,40)/b33-22-. The van der Waals surface area contributed by atoms with E-state index in [4.69, 9.17) is 4.74 Å². The van der Waals surface area contributed by atoms with Gasteiger partial charge in [0.05, 0.1) is 6.04 Å². The van der Waals surface area contributed by atoms with Gasteiger partial charge in [-0.25, -0.2) is 4.39 Å². The van der Waals surface area contributed by atoms with Crippen LogP contribution >= 0.6 is 0 Å². The molecule has 0 spiro atoms. The second kappa shape index (κ2) is 13.8. The first-order valence-electron chi connectivity index (χ1n) is 15.0. The van der Waals surface area contributed by atoms with Gasteiger partial charge in [0.15, 0.2) is 5.76 Å². The van der Waals surface area contributed by atoms with Crippen LogP contribution in [0.15, 0.2) is 84.6 Å². The first kappa shape index (κ1) is 29.5. The third-order valence-corrected chi connectivity index (χ3v) is 8.23. The van der Waals surface area contributed by atoms with Gasteiger partial charge >= 0.3 is 0 Å². The maximum absolute atomic E-state index is 14.5. The van der Waals surface area contributed by atoms with E-state index < -0.39 is 0 Å². The molecule has 2 fully saturated rings. The minimum atomic E-state index is -0.309. The first-order valence-corrected chi connectivity index (χ1v) is 15.0. The van der Waals surface area contributed by atoms with Crippen LogP contribution in [-0.2, 0) is 22.6 Å². The lowest BCUT2D eigenvalue weighted by molar-refractivity contribution is -0.149. The van der Waals surface area contributed by atoms with Gasteiger partial charge in [0.1, 0.15) is 11.9 Å². The maximum Gasteiger partial charge on any atom is 0.289 e. The van der Waals surface area contributed by atoms with Gasteiger partial charge in [0.2, 0.25) is 0 Å². The average Bonchev–Trinajstić information content (AvgIpc) is 3.00. The van der Waals surface area contributed by atoms with Gasteiger partial charge in [0.25, 0.3) is 11.8 Å². The SMILES string of the molecule is CC(C)N(CCNC(=O)c1ccc(/C=C2\OC3CCCCC3N(Cc3ccccc3F)C2=O)cc1)Cc1ccccc1. The summed E-state index contributed by atoms with van der Waals surface area (Å²) in [4.78, 5) is 30.5. The van der Waals surface area contributed by atoms with Crippen molar-refractivity contribution in [3.05, 3.63) is 113 Å². The van der Waals surface area contributed by atoms with E-state index in [-0.39, 0.29) is 42.1 Å². The number of nitrogens with one attached hydrogen (secondary N) is 1. The highest BCUT2D eigenvalue weighted by Gasteiger charge is 2.41. The molecule has 1 N–H and O–H groups in total. The van der Waals surface area contributed by atoms with Crippen molar-refractivity contribution in [1.82, 2.24) is 15.1 Å². The second-order valence-electron chi connectivity index (χ2n) is 11.5. The van der Waals surface area contributed by atoms with E-state index in [1.165, 1.54) is 11.6 Å². The fraction of sp³-hybridized carbons (Fsp3) is 0.371. The quantitative estimate of drug-likeness (QED) is 0.297. The van der Waals surface area contributed by atoms with Gasteiger partial charge < -0.3 is 15.0 Å². The normalized spacial score (nSPS) is 19.6. The summed E-state index contributed by atoms with van der Waals surface area (Å²) in [6, 6.07) is 24.4. The summed E-state index contributed by atoms with van der Waals surface area (Å²) in [5, 5.41) is 3.03. The smallest absolute Gasteiger partial charge is 0.289 e. The van der Waals surface area contributed by atoms with Crippen LogP contribution in [0.25, 0.3) is 6.08 Å². The van der Waals surface area contributed by atoms with Crippen LogP contribution in [0.3, 0.4) is 0 Å². The monoisotopic (exact) mass is 569 g/mol. The summed E-state index contributed by atoms with van der Waals surface area (Å²) < 4.78 is 20.7. The predicted octanol–water partition coefficient (Wildman–Crippen LogP) is 6.18. The summed E-state index contributed by atoms with van der Waals surface area (Å²) in [7, 11) is 0. The number of halogens is 1. The molecule has 2 unspecified atom stereocenters. The minimum absolute atomic E-state index is 0.0617. The molecule has 3 aromatic rings. The van der Waals surface area contributed by atoms with Crippen LogP contribution in [0.1, 0.15) is 66.6 Å². The Morgan fingerprint density at radius 1 is 1.02 bits per heavy atom. The fourth-order valence-corrected chi connectivity index (χ4v) is 5.81. The number of morpholine rings is 1. The summed E-state index contributed by atoms with van der Waals surface area (Å²) in [6.07, 6.45) is 5.41. The van der Waals surface area contributed by atoms with Crippen LogP contribution in [0, 0.1) is 5.82 Å². The number of hydrogen-bond acceptors (Lipinski definition) is 4. The van der Waals surface area contributed by atoms with E-state index in [9.17, 15) is 14.0 Å². The van der Waals surface area contributed by atoms with Crippen molar-refractivity contribution in [2.75, 3.05) is 13.1 Å². The van der Waals surface area contributed by atoms with Crippen molar-refractivity contribution in [3.63, 3.8) is 0 Å². The number of hydrogen-bond donors (Lipinski definition) is 1. The minimum Gasteiger partial charge on any atom is -0.482 e. The Morgan fingerprint density at radius 3 is 2.48 bits per heavy atom. The summed E-state index contributed by atoms with van der Waals surface area (Å²) in [5.41, 5.74) is 3.07. The summed E-state index contributed by atoms with van der Waals surface area (Å²) >= 11 is 0. The zero-order chi connectivity index (χ0) is 29.5. The number of amides is 2. The van der Waals surface area contributed by atoms with Crippen molar-refractivity contribution in [2.24, 2.45) is 0 Å². The lowest BCUT2D eigenvalue weighted by Gasteiger charge is -2.44. The van der Waals surface area contributed by atoms with Gasteiger partial charge in [-0.05, 0) is 68.5 Å². The Hall–Kier alpha value is -3.97. The Bertz CT molecular complexity index is 1390. The van der Waals surface area contributed by atoms with Gasteiger partial charge in [-0.15, -0.1) is 0 Å². The van der Waals surface area contributed by atoms with E-state index in [1.54, 1.807) is 41.3 Å². The fourth-order valence-electron chi connectivity index (χ4n) is 5.81. The molecule has 1 saturated heterocycles. The van der Waals surface area contributed by atoms with Crippen LogP contribution in [-0.4, -0.2) is 52.9 Å². The molecule has 2 atom stereocenters. The highest BCUT2D eigenvalue weighted by Crippen LogP contribution is 2.34. The van der Waals surface area contributed by atoms with Gasteiger partial charge in [0, 0.05) is 43.3 Å². The summed E-state index contributed by atoms with van der Waals surface area (Å²) in [6.45, 7) is 6.65. The van der Waals surface area contributed by atoms with Crippen molar-refractivity contribution in [2.45, 2.75) is 70.8 Å². The van der Waals surface area contributed by atoms with E-state index in [2.05, 4.69) is 36.2 Å². The highest BCUT2D eigenvalue weighted by atomic mass is 19.1. The lowest BCUT2D eigenvalue weighted by Crippen LogP contribution is -2.54. The molecule has 2 amide bonds. The number of benzene rings is 3. The number of fused-ring (bicyclic) bond motifs is 1. The van der Waals surface area contributed by atoms with Crippen molar-refractivity contribution in [1.29, 1.82) is 0 Å². The molecule has 1 heterocycles. The zero-order valence-corrected chi connectivity index (χ0v) is 24.5. The molecular formula is C35H40FN3O3. The zero-order valence-electron chi connectivity index (χ0n) is 24.5. The van der Waals surface area contributed by atoms with Gasteiger partial charge in [-0.3, -0.25) is 14.5 Å². The number of carbonyl (C=O) groups is 2. The molecule has 1 aliphatic carbocycles. The van der Waals surface area contributed by atoms with Crippen LogP contribution in [0.4, 0.5) is 4.39 Å². The number of carbonyl (C=O) groups excluding carboxylic acids is 2. The molecule has 2 aliphatic rings. The Kier molecular flexibility index (Phi) is 9.70. The molecule has 1 aliphatic heterocycles. The molecule has 7 heteroatoms. The number of ether oxygens (including phenoxy) is 1. The Morgan fingerprint density at radius 2 is 1.74 bits per heavy atom. The van der Waals surface area contributed by atoms with E-state index in [0.29, 0.717) is 23.7 Å². The Balaban J connectivity index is 1.22. The van der Waals surface area contributed by atoms with Crippen LogP contribution in [0.2, 0.25) is 0 Å². The number of rotatable bonds is 10. The second-order valence-corrected chi connectivity index (χ2v) is 11.5.